The first kappa shape index (κ1) is 10.0. The van der Waals surface area contributed by atoms with E-state index in [4.69, 9.17) is 4.74 Å². The van der Waals surface area contributed by atoms with Gasteiger partial charge in [0.2, 0.25) is 0 Å². The first-order chi connectivity index (χ1) is 7.15. The molecule has 80 valence electrons. The van der Waals surface area contributed by atoms with Crippen molar-refractivity contribution < 1.29 is 9.53 Å². The number of alkyl carbamates (subject to hydrolysis) is 1. The van der Waals surface area contributed by atoms with Crippen LogP contribution >= 0.6 is 0 Å². The Hall–Kier alpha value is -1.51. The quantitative estimate of drug-likeness (QED) is 0.764. The van der Waals surface area contributed by atoms with Crippen LogP contribution in [0, 0.1) is 13.8 Å². The molecule has 0 bridgehead atoms. The lowest BCUT2D eigenvalue weighted by molar-refractivity contribution is 0.0738. The highest BCUT2D eigenvalue weighted by molar-refractivity contribution is 5.68. The van der Waals surface area contributed by atoms with Gasteiger partial charge in [-0.15, -0.1) is 0 Å². The Bertz CT molecular complexity index is 367. The largest absolute Gasteiger partial charge is 0.441 e. The molecular weight excluding hydrogens is 190 g/mol. The third-order valence-corrected chi connectivity index (χ3v) is 2.54. The molecule has 15 heavy (non-hydrogen) atoms. The molecular formula is C12H15NO2. The van der Waals surface area contributed by atoms with Crippen LogP contribution in [0.1, 0.15) is 29.2 Å². The molecule has 1 heterocycles. The second kappa shape index (κ2) is 3.93. The van der Waals surface area contributed by atoms with Crippen LogP contribution in [0.3, 0.4) is 0 Å². The van der Waals surface area contributed by atoms with E-state index in [0.29, 0.717) is 6.54 Å². The van der Waals surface area contributed by atoms with Gasteiger partial charge in [-0.05, 0) is 19.4 Å². The summed E-state index contributed by atoms with van der Waals surface area (Å²) in [5.74, 6) is 0. The monoisotopic (exact) mass is 205 g/mol. The molecule has 0 aromatic heterocycles. The molecule has 1 aromatic carbocycles. The summed E-state index contributed by atoms with van der Waals surface area (Å²) in [5, 5.41) is 2.65. The molecule has 1 aliphatic rings. The summed E-state index contributed by atoms with van der Waals surface area (Å²) in [6, 6.07) is 6.28. The van der Waals surface area contributed by atoms with E-state index in [0.717, 1.165) is 12.0 Å². The van der Waals surface area contributed by atoms with Gasteiger partial charge in [-0.25, -0.2) is 4.79 Å². The lowest BCUT2D eigenvalue weighted by atomic mass is 10.0. The Kier molecular flexibility index (Phi) is 2.62. The van der Waals surface area contributed by atoms with Gasteiger partial charge in [0, 0.05) is 13.0 Å². The summed E-state index contributed by atoms with van der Waals surface area (Å²) in [6.07, 6.45) is 0.442. The fourth-order valence-corrected chi connectivity index (χ4v) is 1.97. The van der Waals surface area contributed by atoms with Gasteiger partial charge >= 0.3 is 6.09 Å². The number of aryl methyl sites for hydroxylation is 2. The number of carbonyl (C=O) groups excluding carboxylic acids is 1. The number of amides is 1. The smallest absolute Gasteiger partial charge is 0.407 e. The third-order valence-electron chi connectivity index (χ3n) is 2.54. The molecule has 0 aliphatic carbocycles. The minimum absolute atomic E-state index is 0.0858. The van der Waals surface area contributed by atoms with E-state index in [1.54, 1.807) is 0 Å². The molecule has 1 saturated heterocycles. The lowest BCUT2D eigenvalue weighted by Gasteiger charge is -2.24. The Morgan fingerprint density at radius 2 is 1.93 bits per heavy atom. The maximum absolute atomic E-state index is 11.1. The highest BCUT2D eigenvalue weighted by Crippen LogP contribution is 2.25. The van der Waals surface area contributed by atoms with E-state index in [9.17, 15) is 4.79 Å². The molecule has 1 aliphatic heterocycles. The number of nitrogens with one attached hydrogen (secondary N) is 1. The van der Waals surface area contributed by atoms with E-state index in [1.165, 1.54) is 11.1 Å². The van der Waals surface area contributed by atoms with Gasteiger partial charge < -0.3 is 10.1 Å². The highest BCUT2D eigenvalue weighted by Gasteiger charge is 2.21. The van der Waals surface area contributed by atoms with Crippen LogP contribution in [-0.4, -0.2) is 12.6 Å². The zero-order valence-corrected chi connectivity index (χ0v) is 9.04. The van der Waals surface area contributed by atoms with Gasteiger partial charge in [0.1, 0.15) is 6.10 Å². The van der Waals surface area contributed by atoms with Crippen molar-refractivity contribution in [2.24, 2.45) is 0 Å². The molecule has 2 rings (SSSR count). The van der Waals surface area contributed by atoms with Crippen molar-refractivity contribution >= 4 is 6.09 Å². The third kappa shape index (κ3) is 2.29. The topological polar surface area (TPSA) is 38.3 Å². The van der Waals surface area contributed by atoms with E-state index in [-0.39, 0.29) is 12.2 Å². The molecule has 1 atom stereocenters. The van der Waals surface area contributed by atoms with Crippen LogP contribution < -0.4 is 5.32 Å². The molecule has 1 aromatic rings. The van der Waals surface area contributed by atoms with Gasteiger partial charge in [-0.3, -0.25) is 0 Å². The molecule has 3 nitrogen and oxygen atoms in total. The Labute approximate surface area is 89.4 Å². The van der Waals surface area contributed by atoms with Crippen LogP contribution in [-0.2, 0) is 4.74 Å². The average molecular weight is 205 g/mol. The second-order valence-electron chi connectivity index (χ2n) is 4.03. The maximum atomic E-state index is 11.1. The van der Waals surface area contributed by atoms with Crippen LogP contribution in [0.5, 0.6) is 0 Å². The number of carbonyl (C=O) groups is 1. The van der Waals surface area contributed by atoms with Crippen molar-refractivity contribution in [2.75, 3.05) is 6.54 Å². The molecule has 1 amide bonds. The van der Waals surface area contributed by atoms with Gasteiger partial charge in [-0.2, -0.15) is 0 Å². The van der Waals surface area contributed by atoms with E-state index in [2.05, 4.69) is 37.4 Å². The highest BCUT2D eigenvalue weighted by atomic mass is 16.6. The Balaban J connectivity index is 2.24. The van der Waals surface area contributed by atoms with E-state index in [1.807, 2.05) is 0 Å². The minimum Gasteiger partial charge on any atom is -0.441 e. The number of ether oxygens (including phenoxy) is 1. The van der Waals surface area contributed by atoms with Gasteiger partial charge in [-0.1, -0.05) is 29.3 Å². The summed E-state index contributed by atoms with van der Waals surface area (Å²) < 4.78 is 5.23. The van der Waals surface area contributed by atoms with Gasteiger partial charge in [0.15, 0.2) is 0 Å². The molecule has 1 fully saturated rings. The standard InChI is InChI=1S/C12H15NO2/c1-8-5-9(2)7-10(6-8)11-3-4-13-12(14)15-11/h5-7,11H,3-4H2,1-2H3,(H,13,14). The predicted molar refractivity (Wildman–Crippen MR) is 57.8 cm³/mol. The first-order valence-electron chi connectivity index (χ1n) is 5.18. The van der Waals surface area contributed by atoms with E-state index < -0.39 is 0 Å². The van der Waals surface area contributed by atoms with Crippen molar-refractivity contribution in [1.29, 1.82) is 0 Å². The van der Waals surface area contributed by atoms with Crippen molar-refractivity contribution in [3.05, 3.63) is 34.9 Å². The molecule has 0 saturated carbocycles. The number of benzene rings is 1. The molecule has 3 heteroatoms. The summed E-state index contributed by atoms with van der Waals surface area (Å²) in [4.78, 5) is 11.1. The molecule has 0 spiro atoms. The molecule has 1 N–H and O–H groups in total. The van der Waals surface area contributed by atoms with Crippen LogP contribution in [0.25, 0.3) is 0 Å². The fraction of sp³-hybridized carbons (Fsp3) is 0.417. The average Bonchev–Trinajstić information content (AvgIpc) is 2.16. The molecule has 1 unspecified atom stereocenters. The summed E-state index contributed by atoms with van der Waals surface area (Å²) in [6.45, 7) is 4.80. The van der Waals surface area contributed by atoms with E-state index >= 15 is 0 Å². The number of hydrogen-bond acceptors (Lipinski definition) is 2. The number of cyclic esters (lactones) is 1. The normalized spacial score (nSPS) is 20.7. The van der Waals surface area contributed by atoms with Gasteiger partial charge in [0.25, 0.3) is 0 Å². The zero-order chi connectivity index (χ0) is 10.8. The zero-order valence-electron chi connectivity index (χ0n) is 9.04. The fourth-order valence-electron chi connectivity index (χ4n) is 1.97. The Morgan fingerprint density at radius 3 is 2.53 bits per heavy atom. The van der Waals surface area contributed by atoms with Crippen LogP contribution in [0.2, 0.25) is 0 Å². The summed E-state index contributed by atoms with van der Waals surface area (Å²) in [7, 11) is 0. The first-order valence-corrected chi connectivity index (χ1v) is 5.18. The van der Waals surface area contributed by atoms with Crippen molar-refractivity contribution in [3.8, 4) is 0 Å². The second-order valence-corrected chi connectivity index (χ2v) is 4.03. The lowest BCUT2D eigenvalue weighted by Crippen LogP contribution is -2.33. The number of hydrogen-bond donors (Lipinski definition) is 1. The van der Waals surface area contributed by atoms with Gasteiger partial charge in [0.05, 0.1) is 0 Å². The Morgan fingerprint density at radius 1 is 1.27 bits per heavy atom. The summed E-state index contributed by atoms with van der Waals surface area (Å²) >= 11 is 0. The molecule has 0 radical (unpaired) electrons. The van der Waals surface area contributed by atoms with Crippen molar-refractivity contribution in [1.82, 2.24) is 5.32 Å². The maximum Gasteiger partial charge on any atom is 0.407 e. The van der Waals surface area contributed by atoms with Crippen LogP contribution in [0.4, 0.5) is 4.79 Å². The SMILES string of the molecule is Cc1cc(C)cc(C2CCNC(=O)O2)c1. The predicted octanol–water partition coefficient (Wildman–Crippen LogP) is 2.47. The number of rotatable bonds is 1. The van der Waals surface area contributed by atoms with Crippen molar-refractivity contribution in [3.63, 3.8) is 0 Å². The van der Waals surface area contributed by atoms with Crippen molar-refractivity contribution in [2.45, 2.75) is 26.4 Å². The summed E-state index contributed by atoms with van der Waals surface area (Å²) in [5.41, 5.74) is 3.52. The van der Waals surface area contributed by atoms with Crippen LogP contribution in [0.15, 0.2) is 18.2 Å². The minimum atomic E-state index is -0.314.